The minimum atomic E-state index is -0.415. The first kappa shape index (κ1) is 21.8. The van der Waals surface area contributed by atoms with Gasteiger partial charge >= 0.3 is 0 Å². The Morgan fingerprint density at radius 1 is 1.03 bits per heavy atom. The number of hydrogen-bond acceptors (Lipinski definition) is 6. The molecule has 0 fully saturated rings. The predicted octanol–water partition coefficient (Wildman–Crippen LogP) is 4.24. The molecule has 2 heterocycles. The van der Waals surface area contributed by atoms with Crippen molar-refractivity contribution < 1.29 is 19.4 Å². The average molecular weight is 455 g/mol. The van der Waals surface area contributed by atoms with Crippen LogP contribution in [0.4, 0.5) is 9.52 Å². The van der Waals surface area contributed by atoms with E-state index in [0.717, 1.165) is 13.0 Å². The number of fused-ring (bicyclic) bond motifs is 1. The van der Waals surface area contributed by atoms with Gasteiger partial charge in [-0.3, -0.25) is 14.3 Å². The van der Waals surface area contributed by atoms with E-state index < -0.39 is 5.82 Å². The number of amides is 1. The quantitative estimate of drug-likeness (QED) is 0.437. The minimum absolute atomic E-state index is 0.108. The number of para-hydroxylation sites is 1. The Morgan fingerprint density at radius 2 is 1.72 bits per heavy atom. The number of benzene rings is 2. The zero-order valence-electron chi connectivity index (χ0n) is 17.7. The second kappa shape index (κ2) is 8.97. The Balaban J connectivity index is 1.65. The summed E-state index contributed by atoms with van der Waals surface area (Å²) < 4.78 is 16.1. The van der Waals surface area contributed by atoms with Gasteiger partial charge in [-0.15, -0.1) is 0 Å². The number of carbonyl (C=O) groups excluding carboxylic acids is 1. The molecule has 9 heteroatoms. The van der Waals surface area contributed by atoms with Gasteiger partial charge in [-0.1, -0.05) is 17.4 Å². The topological polar surface area (TPSA) is 81.8 Å². The lowest BCUT2D eigenvalue weighted by molar-refractivity contribution is 0.0986. The van der Waals surface area contributed by atoms with Crippen LogP contribution in [-0.4, -0.2) is 57.8 Å². The highest BCUT2D eigenvalue weighted by atomic mass is 32.1. The van der Waals surface area contributed by atoms with Crippen LogP contribution in [0, 0.1) is 5.82 Å². The van der Waals surface area contributed by atoms with Crippen LogP contribution in [0.15, 0.2) is 54.6 Å². The van der Waals surface area contributed by atoms with Gasteiger partial charge in [0.15, 0.2) is 16.9 Å². The summed E-state index contributed by atoms with van der Waals surface area (Å²) in [6.45, 7) is 1.22. The van der Waals surface area contributed by atoms with Crippen LogP contribution in [0.25, 0.3) is 15.9 Å². The number of rotatable bonds is 7. The van der Waals surface area contributed by atoms with E-state index >= 15 is 0 Å². The molecule has 4 rings (SSSR count). The van der Waals surface area contributed by atoms with Crippen LogP contribution < -0.4 is 4.90 Å². The molecule has 0 aliphatic carbocycles. The number of aromatic hydroxyl groups is 2. The Bertz CT molecular complexity index is 1230. The highest BCUT2D eigenvalue weighted by molar-refractivity contribution is 7.22. The lowest BCUT2D eigenvalue weighted by Gasteiger charge is -2.21. The van der Waals surface area contributed by atoms with E-state index in [2.05, 4.69) is 4.98 Å². The van der Waals surface area contributed by atoms with Crippen molar-refractivity contribution in [2.45, 2.75) is 6.42 Å². The fraction of sp³-hybridized carbons (Fsp3) is 0.217. The molecule has 2 N–H and O–H groups in total. The van der Waals surface area contributed by atoms with E-state index in [9.17, 15) is 19.4 Å². The number of nitrogens with zero attached hydrogens (tertiary/aromatic N) is 4. The molecule has 0 aliphatic heterocycles. The summed E-state index contributed by atoms with van der Waals surface area (Å²) in [6.07, 6.45) is 0.723. The fourth-order valence-electron chi connectivity index (χ4n) is 3.44. The van der Waals surface area contributed by atoms with Crippen molar-refractivity contribution in [1.82, 2.24) is 14.5 Å². The SMILES string of the molecule is CN(C)CCCN(C(=O)c1ccc(-n2c(O)ccc2O)cc1)c1nc2c(F)cccc2s1. The standard InChI is InChI=1S/C23H23FN4O3S/c1-26(2)13-4-14-27(23-25-21-17(24)5-3-6-18(21)32-23)22(31)15-7-9-16(10-8-15)28-19(29)11-12-20(28)30/h3,5-12,29-30H,4,13-14H2,1-2H3. The molecule has 2 aromatic heterocycles. The predicted molar refractivity (Wildman–Crippen MR) is 124 cm³/mol. The molecule has 2 aromatic carbocycles. The van der Waals surface area contributed by atoms with Gasteiger partial charge in [-0.25, -0.2) is 9.37 Å². The first-order valence-electron chi connectivity index (χ1n) is 10.1. The van der Waals surface area contributed by atoms with E-state index in [1.165, 1.54) is 34.1 Å². The van der Waals surface area contributed by atoms with Crippen LogP contribution in [0.1, 0.15) is 16.8 Å². The fourth-order valence-corrected chi connectivity index (χ4v) is 4.44. The maximum Gasteiger partial charge on any atom is 0.260 e. The van der Waals surface area contributed by atoms with Gasteiger partial charge in [-0.2, -0.15) is 0 Å². The molecule has 166 valence electrons. The molecule has 0 spiro atoms. The van der Waals surface area contributed by atoms with Gasteiger partial charge in [0.2, 0.25) is 0 Å². The minimum Gasteiger partial charge on any atom is -0.494 e. The molecule has 0 atom stereocenters. The molecule has 0 bridgehead atoms. The zero-order valence-corrected chi connectivity index (χ0v) is 18.5. The molecule has 32 heavy (non-hydrogen) atoms. The van der Waals surface area contributed by atoms with Crippen LogP contribution in [0.2, 0.25) is 0 Å². The monoisotopic (exact) mass is 454 g/mol. The van der Waals surface area contributed by atoms with Crippen molar-refractivity contribution in [1.29, 1.82) is 0 Å². The van der Waals surface area contributed by atoms with E-state index in [4.69, 9.17) is 0 Å². The van der Waals surface area contributed by atoms with Gasteiger partial charge < -0.3 is 15.1 Å². The highest BCUT2D eigenvalue weighted by Crippen LogP contribution is 2.32. The summed E-state index contributed by atoms with van der Waals surface area (Å²) in [4.78, 5) is 21.4. The molecule has 0 saturated carbocycles. The van der Waals surface area contributed by atoms with Crippen molar-refractivity contribution in [3.05, 3.63) is 66.0 Å². The second-order valence-corrected chi connectivity index (χ2v) is 8.64. The van der Waals surface area contributed by atoms with Crippen LogP contribution in [0.3, 0.4) is 0 Å². The van der Waals surface area contributed by atoms with Crippen molar-refractivity contribution in [3.8, 4) is 17.4 Å². The maximum absolute atomic E-state index is 14.2. The third kappa shape index (κ3) is 4.30. The summed E-state index contributed by atoms with van der Waals surface area (Å²) in [7, 11) is 3.92. The number of carbonyl (C=O) groups is 1. The summed E-state index contributed by atoms with van der Waals surface area (Å²) in [5.41, 5.74) is 1.19. The molecule has 0 unspecified atom stereocenters. The lowest BCUT2D eigenvalue weighted by atomic mass is 10.1. The molecule has 0 saturated heterocycles. The van der Waals surface area contributed by atoms with Crippen molar-refractivity contribution in [3.63, 3.8) is 0 Å². The first-order chi connectivity index (χ1) is 15.3. The van der Waals surface area contributed by atoms with Crippen molar-refractivity contribution in [2.75, 3.05) is 32.1 Å². The molecule has 7 nitrogen and oxygen atoms in total. The largest absolute Gasteiger partial charge is 0.494 e. The third-order valence-corrected chi connectivity index (χ3v) is 6.08. The van der Waals surface area contributed by atoms with Crippen LogP contribution in [-0.2, 0) is 0 Å². The van der Waals surface area contributed by atoms with Gasteiger partial charge in [0.25, 0.3) is 5.91 Å². The average Bonchev–Trinajstić information content (AvgIpc) is 3.34. The van der Waals surface area contributed by atoms with Crippen molar-refractivity contribution >= 4 is 32.6 Å². The van der Waals surface area contributed by atoms with E-state index in [1.807, 2.05) is 19.0 Å². The summed E-state index contributed by atoms with van der Waals surface area (Å²) in [5, 5.41) is 20.3. The van der Waals surface area contributed by atoms with Crippen LogP contribution >= 0.6 is 11.3 Å². The number of anilines is 1. The van der Waals surface area contributed by atoms with Gasteiger partial charge in [0.05, 0.1) is 10.4 Å². The van der Waals surface area contributed by atoms with Gasteiger partial charge in [0.1, 0.15) is 11.3 Å². The number of halogens is 1. The van der Waals surface area contributed by atoms with E-state index in [-0.39, 0.29) is 23.2 Å². The smallest absolute Gasteiger partial charge is 0.260 e. The Labute approximate surface area is 188 Å². The second-order valence-electron chi connectivity index (χ2n) is 7.63. The maximum atomic E-state index is 14.2. The van der Waals surface area contributed by atoms with Crippen molar-refractivity contribution in [2.24, 2.45) is 0 Å². The Morgan fingerprint density at radius 3 is 2.34 bits per heavy atom. The first-order valence-corrected chi connectivity index (χ1v) is 10.9. The zero-order chi connectivity index (χ0) is 22.8. The Hall–Kier alpha value is -3.43. The van der Waals surface area contributed by atoms with E-state index in [0.29, 0.717) is 27.6 Å². The van der Waals surface area contributed by atoms with Crippen LogP contribution in [0.5, 0.6) is 11.8 Å². The summed E-state index contributed by atoms with van der Waals surface area (Å²) in [6, 6.07) is 14.1. The highest BCUT2D eigenvalue weighted by Gasteiger charge is 2.22. The van der Waals surface area contributed by atoms with E-state index in [1.54, 1.807) is 41.3 Å². The molecule has 0 aliphatic rings. The number of thiazole rings is 1. The number of aromatic nitrogens is 2. The molecule has 4 aromatic rings. The number of hydrogen-bond donors (Lipinski definition) is 2. The molecular formula is C23H23FN4O3S. The molecular weight excluding hydrogens is 431 g/mol. The lowest BCUT2D eigenvalue weighted by Crippen LogP contribution is -2.33. The third-order valence-electron chi connectivity index (χ3n) is 5.03. The normalized spacial score (nSPS) is 11.4. The Kier molecular flexibility index (Phi) is 6.11. The summed E-state index contributed by atoms with van der Waals surface area (Å²) in [5.74, 6) is -0.885. The van der Waals surface area contributed by atoms with Gasteiger partial charge in [0, 0.05) is 24.2 Å². The van der Waals surface area contributed by atoms with Gasteiger partial charge in [-0.05, 0) is 63.5 Å². The summed E-state index contributed by atoms with van der Waals surface area (Å²) >= 11 is 1.28. The molecule has 0 radical (unpaired) electrons. The molecule has 1 amide bonds.